The summed E-state index contributed by atoms with van der Waals surface area (Å²) >= 11 is 0. The molecule has 0 amide bonds. The standard InChI is InChI=1S/C22H32N4O2/c1-18(2)8-10-25-12-11-24(17-20(25)9-13-27)15-19-14-23-26(16-19)21-6-4-5-7-22(21)28-3/h4-8,14,16,20,27H,9-13,15,17H2,1-3H3/t20-/m0/s1. The van der Waals surface area contributed by atoms with Crippen molar-refractivity contribution in [3.63, 3.8) is 0 Å². The summed E-state index contributed by atoms with van der Waals surface area (Å²) in [6, 6.07) is 8.29. The number of aliphatic hydroxyl groups is 1. The van der Waals surface area contributed by atoms with Crippen LogP contribution in [0.25, 0.3) is 5.69 Å². The zero-order valence-corrected chi connectivity index (χ0v) is 17.2. The molecule has 0 bridgehead atoms. The Labute approximate surface area is 168 Å². The summed E-state index contributed by atoms with van der Waals surface area (Å²) < 4.78 is 7.33. The second-order valence-electron chi connectivity index (χ2n) is 7.64. The fraction of sp³-hybridized carbons (Fsp3) is 0.500. The summed E-state index contributed by atoms with van der Waals surface area (Å²) in [6.45, 7) is 9.35. The van der Waals surface area contributed by atoms with Gasteiger partial charge in [-0.15, -0.1) is 0 Å². The van der Waals surface area contributed by atoms with E-state index >= 15 is 0 Å². The van der Waals surface area contributed by atoms with Gasteiger partial charge in [-0.2, -0.15) is 5.10 Å². The third kappa shape index (κ3) is 5.22. The lowest BCUT2D eigenvalue weighted by atomic mass is 10.1. The number of hydrogen-bond acceptors (Lipinski definition) is 5. The van der Waals surface area contributed by atoms with Crippen molar-refractivity contribution in [2.75, 3.05) is 39.9 Å². The molecule has 28 heavy (non-hydrogen) atoms. The Kier molecular flexibility index (Phi) is 7.25. The highest BCUT2D eigenvalue weighted by Crippen LogP contribution is 2.22. The van der Waals surface area contributed by atoms with Crippen molar-refractivity contribution in [3.8, 4) is 11.4 Å². The van der Waals surface area contributed by atoms with E-state index < -0.39 is 0 Å². The van der Waals surface area contributed by atoms with Gasteiger partial charge in [-0.25, -0.2) is 4.68 Å². The molecule has 1 aromatic heterocycles. The van der Waals surface area contributed by atoms with Gasteiger partial charge in [0.2, 0.25) is 0 Å². The Bertz CT molecular complexity index is 782. The number of hydrogen-bond donors (Lipinski definition) is 1. The molecule has 3 rings (SSSR count). The van der Waals surface area contributed by atoms with Crippen molar-refractivity contribution in [3.05, 3.63) is 53.9 Å². The van der Waals surface area contributed by atoms with Gasteiger partial charge < -0.3 is 9.84 Å². The van der Waals surface area contributed by atoms with E-state index in [2.05, 4.69) is 41.0 Å². The maximum absolute atomic E-state index is 9.48. The number of aliphatic hydroxyl groups excluding tert-OH is 1. The monoisotopic (exact) mass is 384 g/mol. The van der Waals surface area contributed by atoms with Gasteiger partial charge in [-0.1, -0.05) is 23.8 Å². The first-order valence-corrected chi connectivity index (χ1v) is 9.98. The number of para-hydroxylation sites is 2. The summed E-state index contributed by atoms with van der Waals surface area (Å²) in [4.78, 5) is 4.95. The Balaban J connectivity index is 1.64. The topological polar surface area (TPSA) is 53.8 Å². The number of aromatic nitrogens is 2. The molecule has 1 atom stereocenters. The van der Waals surface area contributed by atoms with Crippen molar-refractivity contribution < 1.29 is 9.84 Å². The van der Waals surface area contributed by atoms with Gasteiger partial charge in [0.1, 0.15) is 11.4 Å². The number of nitrogens with zero attached hydrogens (tertiary/aromatic N) is 4. The highest BCUT2D eigenvalue weighted by molar-refractivity contribution is 5.46. The molecule has 0 saturated carbocycles. The third-order valence-electron chi connectivity index (χ3n) is 5.26. The summed E-state index contributed by atoms with van der Waals surface area (Å²) in [5.74, 6) is 0.813. The molecule has 0 spiro atoms. The number of methoxy groups -OCH3 is 1. The predicted molar refractivity (Wildman–Crippen MR) is 112 cm³/mol. The molecule has 152 valence electrons. The van der Waals surface area contributed by atoms with E-state index in [0.717, 1.165) is 50.6 Å². The summed E-state index contributed by atoms with van der Waals surface area (Å²) in [5, 5.41) is 14.0. The minimum Gasteiger partial charge on any atom is -0.494 e. The van der Waals surface area contributed by atoms with Crippen LogP contribution in [0.2, 0.25) is 0 Å². The Morgan fingerprint density at radius 3 is 2.86 bits per heavy atom. The molecule has 0 unspecified atom stereocenters. The molecule has 1 saturated heterocycles. The Morgan fingerprint density at radius 1 is 1.29 bits per heavy atom. The first kappa shape index (κ1) is 20.6. The fourth-order valence-electron chi connectivity index (χ4n) is 3.71. The van der Waals surface area contributed by atoms with Gasteiger partial charge in [0, 0.05) is 57.1 Å². The molecule has 6 nitrogen and oxygen atoms in total. The molecule has 1 aromatic carbocycles. The summed E-state index contributed by atoms with van der Waals surface area (Å²) in [6.07, 6.45) is 7.10. The van der Waals surface area contributed by atoms with E-state index in [1.165, 1.54) is 11.1 Å². The molecule has 1 N–H and O–H groups in total. The van der Waals surface area contributed by atoms with Crippen LogP contribution in [-0.2, 0) is 6.54 Å². The maximum atomic E-state index is 9.48. The highest BCUT2D eigenvalue weighted by atomic mass is 16.5. The molecule has 0 aliphatic carbocycles. The Morgan fingerprint density at radius 2 is 2.11 bits per heavy atom. The minimum atomic E-state index is 0.232. The second-order valence-corrected chi connectivity index (χ2v) is 7.64. The van der Waals surface area contributed by atoms with Crippen molar-refractivity contribution in [2.45, 2.75) is 32.9 Å². The van der Waals surface area contributed by atoms with Gasteiger partial charge in [-0.05, 0) is 32.4 Å². The van der Waals surface area contributed by atoms with E-state index in [0.29, 0.717) is 6.04 Å². The van der Waals surface area contributed by atoms with Gasteiger partial charge >= 0.3 is 0 Å². The minimum absolute atomic E-state index is 0.232. The summed E-state index contributed by atoms with van der Waals surface area (Å²) in [5.41, 5.74) is 3.47. The van der Waals surface area contributed by atoms with Gasteiger partial charge in [0.05, 0.1) is 13.3 Å². The van der Waals surface area contributed by atoms with E-state index in [1.54, 1.807) is 7.11 Å². The van der Waals surface area contributed by atoms with Crippen LogP contribution < -0.4 is 4.74 Å². The number of benzene rings is 1. The molecule has 1 aliphatic heterocycles. The molecule has 2 heterocycles. The van der Waals surface area contributed by atoms with Crippen LogP contribution in [0.1, 0.15) is 25.8 Å². The van der Waals surface area contributed by atoms with E-state index in [9.17, 15) is 5.11 Å². The average Bonchev–Trinajstić information content (AvgIpc) is 3.15. The van der Waals surface area contributed by atoms with Crippen molar-refractivity contribution >= 4 is 0 Å². The SMILES string of the molecule is COc1ccccc1-n1cc(CN2CCN(CC=C(C)C)[C@@H](CCO)C2)cn1. The molecule has 1 aliphatic rings. The largest absolute Gasteiger partial charge is 0.494 e. The van der Waals surface area contributed by atoms with Crippen molar-refractivity contribution in [1.82, 2.24) is 19.6 Å². The summed E-state index contributed by atoms with van der Waals surface area (Å²) in [7, 11) is 1.68. The zero-order chi connectivity index (χ0) is 19.9. The van der Waals surface area contributed by atoms with Crippen LogP contribution in [-0.4, -0.2) is 70.6 Å². The number of piperazine rings is 1. The van der Waals surface area contributed by atoms with E-state index in [-0.39, 0.29) is 6.61 Å². The van der Waals surface area contributed by atoms with Gasteiger partial charge in [-0.3, -0.25) is 9.80 Å². The second kappa shape index (κ2) is 9.87. The van der Waals surface area contributed by atoms with Crippen LogP contribution in [0.5, 0.6) is 5.75 Å². The van der Waals surface area contributed by atoms with Crippen LogP contribution in [0.3, 0.4) is 0 Å². The smallest absolute Gasteiger partial charge is 0.144 e. The highest BCUT2D eigenvalue weighted by Gasteiger charge is 2.26. The van der Waals surface area contributed by atoms with Crippen molar-refractivity contribution in [1.29, 1.82) is 0 Å². The first-order valence-electron chi connectivity index (χ1n) is 9.98. The molecular weight excluding hydrogens is 352 g/mol. The maximum Gasteiger partial charge on any atom is 0.144 e. The number of rotatable bonds is 8. The molecule has 2 aromatic rings. The van der Waals surface area contributed by atoms with E-state index in [1.807, 2.05) is 35.1 Å². The molecular formula is C22H32N4O2. The van der Waals surface area contributed by atoms with Crippen LogP contribution in [0.15, 0.2) is 48.3 Å². The fourth-order valence-corrected chi connectivity index (χ4v) is 3.71. The Hall–Kier alpha value is -2.15. The predicted octanol–water partition coefficient (Wildman–Crippen LogP) is 2.72. The van der Waals surface area contributed by atoms with E-state index in [4.69, 9.17) is 4.74 Å². The molecule has 1 fully saturated rings. The number of allylic oxidation sites excluding steroid dienone is 1. The molecule has 0 radical (unpaired) electrons. The lowest BCUT2D eigenvalue weighted by Crippen LogP contribution is -2.53. The third-order valence-corrected chi connectivity index (χ3v) is 5.26. The average molecular weight is 385 g/mol. The van der Waals surface area contributed by atoms with Gasteiger partial charge in [0.15, 0.2) is 0 Å². The van der Waals surface area contributed by atoms with Crippen LogP contribution >= 0.6 is 0 Å². The quantitative estimate of drug-likeness (QED) is 0.709. The first-order chi connectivity index (χ1) is 13.6. The van der Waals surface area contributed by atoms with Crippen LogP contribution in [0, 0.1) is 0 Å². The lowest BCUT2D eigenvalue weighted by Gasteiger charge is -2.41. The van der Waals surface area contributed by atoms with Crippen LogP contribution in [0.4, 0.5) is 0 Å². The zero-order valence-electron chi connectivity index (χ0n) is 17.2. The number of ether oxygens (including phenoxy) is 1. The van der Waals surface area contributed by atoms with Gasteiger partial charge in [0.25, 0.3) is 0 Å². The normalized spacial score (nSPS) is 18.2. The molecule has 6 heteroatoms. The van der Waals surface area contributed by atoms with Crippen molar-refractivity contribution in [2.24, 2.45) is 0 Å². The lowest BCUT2D eigenvalue weighted by molar-refractivity contribution is 0.0636.